The first-order valence-corrected chi connectivity index (χ1v) is 4.70. The molecule has 0 saturated heterocycles. The predicted octanol–water partition coefficient (Wildman–Crippen LogP) is 1.68. The van der Waals surface area contributed by atoms with Gasteiger partial charge < -0.3 is 10.0 Å². The highest BCUT2D eigenvalue weighted by Gasteiger charge is 2.19. The van der Waals surface area contributed by atoms with Gasteiger partial charge in [-0.15, -0.1) is 0 Å². The van der Waals surface area contributed by atoms with Crippen LogP contribution in [0.2, 0.25) is 5.02 Å². The number of nitro benzene ring substituents is 1. The fourth-order valence-corrected chi connectivity index (χ4v) is 1.60. The molecule has 1 N–H and O–H groups in total. The maximum Gasteiger partial charge on any atom is 0.294 e. The molecule has 15 heavy (non-hydrogen) atoms. The van der Waals surface area contributed by atoms with Crippen LogP contribution in [0.1, 0.15) is 0 Å². The van der Waals surface area contributed by atoms with Gasteiger partial charge >= 0.3 is 0 Å². The van der Waals surface area contributed by atoms with Crippen LogP contribution in [-0.4, -0.2) is 30.2 Å². The molecule has 6 heteroatoms. The van der Waals surface area contributed by atoms with Gasteiger partial charge in [-0.3, -0.25) is 10.1 Å². The van der Waals surface area contributed by atoms with Crippen LogP contribution in [0.5, 0.6) is 0 Å². The van der Waals surface area contributed by atoms with E-state index in [0.717, 1.165) is 0 Å². The third kappa shape index (κ3) is 2.57. The van der Waals surface area contributed by atoms with Crippen molar-refractivity contribution in [2.45, 2.75) is 0 Å². The van der Waals surface area contributed by atoms with E-state index in [-0.39, 0.29) is 12.3 Å². The van der Waals surface area contributed by atoms with Gasteiger partial charge in [0.05, 0.1) is 16.6 Å². The average molecular weight is 231 g/mol. The number of halogens is 1. The van der Waals surface area contributed by atoms with E-state index in [1.165, 1.54) is 12.1 Å². The van der Waals surface area contributed by atoms with Crippen LogP contribution >= 0.6 is 11.6 Å². The van der Waals surface area contributed by atoms with Gasteiger partial charge in [0, 0.05) is 19.7 Å². The van der Waals surface area contributed by atoms with Gasteiger partial charge in [0.25, 0.3) is 5.69 Å². The zero-order valence-corrected chi connectivity index (χ0v) is 8.94. The van der Waals surface area contributed by atoms with Crippen molar-refractivity contribution >= 4 is 23.0 Å². The maximum atomic E-state index is 10.7. The van der Waals surface area contributed by atoms with Gasteiger partial charge in [-0.25, -0.2) is 0 Å². The van der Waals surface area contributed by atoms with Crippen molar-refractivity contribution < 1.29 is 10.0 Å². The SMILES string of the molecule is CN(CCO)c1c(Cl)cccc1[N+](=O)[O-]. The van der Waals surface area contributed by atoms with E-state index in [1.807, 2.05) is 0 Å². The standard InChI is InChI=1S/C9H11ClN2O3/c1-11(5-6-13)9-7(10)3-2-4-8(9)12(14)15/h2-4,13H,5-6H2,1H3. The van der Waals surface area contributed by atoms with Crippen LogP contribution in [0.25, 0.3) is 0 Å². The quantitative estimate of drug-likeness (QED) is 0.631. The molecule has 0 aromatic heterocycles. The second-order valence-electron chi connectivity index (χ2n) is 3.01. The Balaban J connectivity index is 3.18. The second-order valence-corrected chi connectivity index (χ2v) is 3.42. The summed E-state index contributed by atoms with van der Waals surface area (Å²) in [5.74, 6) is 0. The van der Waals surface area contributed by atoms with Gasteiger partial charge in [0.2, 0.25) is 0 Å². The molecule has 0 unspecified atom stereocenters. The van der Waals surface area contributed by atoms with E-state index >= 15 is 0 Å². The summed E-state index contributed by atoms with van der Waals surface area (Å²) < 4.78 is 0. The Hall–Kier alpha value is -1.33. The zero-order valence-electron chi connectivity index (χ0n) is 8.18. The van der Waals surface area contributed by atoms with Crippen molar-refractivity contribution in [3.63, 3.8) is 0 Å². The molecule has 0 fully saturated rings. The van der Waals surface area contributed by atoms with E-state index in [9.17, 15) is 10.1 Å². The molecule has 1 aromatic rings. The Morgan fingerprint density at radius 1 is 1.60 bits per heavy atom. The molecule has 0 bridgehead atoms. The minimum Gasteiger partial charge on any atom is -0.395 e. The number of hydrogen-bond donors (Lipinski definition) is 1. The van der Waals surface area contributed by atoms with Gasteiger partial charge in [0.1, 0.15) is 5.69 Å². The molecule has 0 aliphatic heterocycles. The fraction of sp³-hybridized carbons (Fsp3) is 0.333. The van der Waals surface area contributed by atoms with E-state index in [2.05, 4.69) is 0 Å². The van der Waals surface area contributed by atoms with Crippen LogP contribution in [0.3, 0.4) is 0 Å². The summed E-state index contributed by atoms with van der Waals surface area (Å²) in [5, 5.41) is 19.8. The Labute approximate surface area is 92.0 Å². The third-order valence-electron chi connectivity index (χ3n) is 1.98. The van der Waals surface area contributed by atoms with E-state index in [4.69, 9.17) is 16.7 Å². The fourth-order valence-electron chi connectivity index (χ4n) is 1.29. The number of rotatable bonds is 4. The molecule has 1 aromatic carbocycles. The number of benzene rings is 1. The van der Waals surface area contributed by atoms with Gasteiger partial charge in [0.15, 0.2) is 0 Å². The molecule has 82 valence electrons. The Morgan fingerprint density at radius 3 is 2.80 bits per heavy atom. The van der Waals surface area contributed by atoms with Crippen molar-refractivity contribution in [2.24, 2.45) is 0 Å². The van der Waals surface area contributed by atoms with Crippen LogP contribution in [-0.2, 0) is 0 Å². The van der Waals surface area contributed by atoms with Gasteiger partial charge in [-0.1, -0.05) is 17.7 Å². The van der Waals surface area contributed by atoms with Gasteiger partial charge in [-0.2, -0.15) is 0 Å². The lowest BCUT2D eigenvalue weighted by molar-refractivity contribution is -0.384. The van der Waals surface area contributed by atoms with E-state index < -0.39 is 4.92 Å². The Morgan fingerprint density at radius 2 is 2.27 bits per heavy atom. The van der Waals surface area contributed by atoms with E-state index in [1.54, 1.807) is 18.0 Å². The topological polar surface area (TPSA) is 66.6 Å². The molecule has 0 spiro atoms. The lowest BCUT2D eigenvalue weighted by Gasteiger charge is -2.18. The number of hydrogen-bond acceptors (Lipinski definition) is 4. The first kappa shape index (κ1) is 11.7. The first-order valence-electron chi connectivity index (χ1n) is 4.33. The zero-order chi connectivity index (χ0) is 11.4. The molecular formula is C9H11ClN2O3. The second kappa shape index (κ2) is 4.95. The number of para-hydroxylation sites is 1. The number of likely N-dealkylation sites (N-methyl/N-ethyl adjacent to an activating group) is 1. The lowest BCUT2D eigenvalue weighted by atomic mass is 10.2. The molecule has 0 radical (unpaired) electrons. The molecule has 0 aliphatic rings. The molecule has 0 amide bonds. The molecule has 1 rings (SSSR count). The predicted molar refractivity (Wildman–Crippen MR) is 58.5 cm³/mol. The van der Waals surface area contributed by atoms with Crippen LogP contribution < -0.4 is 4.90 Å². The van der Waals surface area contributed by atoms with Gasteiger partial charge in [-0.05, 0) is 6.07 Å². The number of aliphatic hydroxyl groups is 1. The first-order chi connectivity index (χ1) is 7.07. The Kier molecular flexibility index (Phi) is 3.88. The van der Waals surface area contributed by atoms with Crippen LogP contribution in [0, 0.1) is 10.1 Å². The van der Waals surface area contributed by atoms with Crippen LogP contribution in [0.15, 0.2) is 18.2 Å². The smallest absolute Gasteiger partial charge is 0.294 e. The van der Waals surface area contributed by atoms with Crippen molar-refractivity contribution in [2.75, 3.05) is 25.1 Å². The Bertz CT molecular complexity index is 370. The molecule has 0 aliphatic carbocycles. The lowest BCUT2D eigenvalue weighted by Crippen LogP contribution is -2.22. The maximum absolute atomic E-state index is 10.7. The van der Waals surface area contributed by atoms with Crippen molar-refractivity contribution in [1.82, 2.24) is 0 Å². The number of nitrogens with zero attached hydrogens (tertiary/aromatic N) is 2. The largest absolute Gasteiger partial charge is 0.395 e. The van der Waals surface area contributed by atoms with E-state index in [0.29, 0.717) is 17.3 Å². The highest BCUT2D eigenvalue weighted by Crippen LogP contribution is 2.34. The van der Waals surface area contributed by atoms with Crippen LogP contribution in [0.4, 0.5) is 11.4 Å². The summed E-state index contributed by atoms with van der Waals surface area (Å²) in [4.78, 5) is 11.8. The molecule has 5 nitrogen and oxygen atoms in total. The summed E-state index contributed by atoms with van der Waals surface area (Å²) in [6, 6.07) is 4.49. The highest BCUT2D eigenvalue weighted by atomic mass is 35.5. The summed E-state index contributed by atoms with van der Waals surface area (Å²) in [5.41, 5.74) is 0.275. The summed E-state index contributed by atoms with van der Waals surface area (Å²) in [6.45, 7) is 0.212. The van der Waals surface area contributed by atoms with Crippen molar-refractivity contribution in [1.29, 1.82) is 0 Å². The monoisotopic (exact) mass is 230 g/mol. The normalized spacial score (nSPS) is 10.1. The number of aliphatic hydroxyl groups excluding tert-OH is 1. The summed E-state index contributed by atoms with van der Waals surface area (Å²) >= 11 is 5.88. The third-order valence-corrected chi connectivity index (χ3v) is 2.28. The number of nitro groups is 1. The number of anilines is 1. The molecule has 0 atom stereocenters. The summed E-state index contributed by atoms with van der Waals surface area (Å²) in [7, 11) is 1.64. The van der Waals surface area contributed by atoms with Crippen molar-refractivity contribution in [3.8, 4) is 0 Å². The minimum atomic E-state index is -0.491. The molecule has 0 saturated carbocycles. The minimum absolute atomic E-state index is 0.0570. The summed E-state index contributed by atoms with van der Waals surface area (Å²) in [6.07, 6.45) is 0. The average Bonchev–Trinajstić information content (AvgIpc) is 2.17. The van der Waals surface area contributed by atoms with Crippen molar-refractivity contribution in [3.05, 3.63) is 33.3 Å². The highest BCUT2D eigenvalue weighted by molar-refractivity contribution is 6.33. The molecule has 0 heterocycles. The molecular weight excluding hydrogens is 220 g/mol.